The lowest BCUT2D eigenvalue weighted by Gasteiger charge is -2.12. The van der Waals surface area contributed by atoms with E-state index in [4.69, 9.17) is 5.73 Å². The molecule has 1 aromatic rings. The molecule has 0 aliphatic heterocycles. The number of halogens is 1. The van der Waals surface area contributed by atoms with Crippen LogP contribution in [-0.2, 0) is 0 Å². The van der Waals surface area contributed by atoms with E-state index in [2.05, 4.69) is 4.98 Å². The third-order valence-corrected chi connectivity index (χ3v) is 2.61. The summed E-state index contributed by atoms with van der Waals surface area (Å²) in [4.78, 5) is 3.62. The predicted octanol–water partition coefficient (Wildman–Crippen LogP) is 1.94. The van der Waals surface area contributed by atoms with Gasteiger partial charge in [-0.1, -0.05) is 0 Å². The number of hydrogen-bond donors (Lipinski definition) is 1. The van der Waals surface area contributed by atoms with Gasteiger partial charge >= 0.3 is 0 Å². The van der Waals surface area contributed by atoms with Crippen molar-refractivity contribution < 1.29 is 4.39 Å². The molecule has 1 fully saturated rings. The van der Waals surface area contributed by atoms with Crippen LogP contribution >= 0.6 is 0 Å². The fourth-order valence-corrected chi connectivity index (χ4v) is 1.59. The van der Waals surface area contributed by atoms with Gasteiger partial charge in [0.15, 0.2) is 0 Å². The first kappa shape index (κ1) is 8.63. The second-order valence-corrected chi connectivity index (χ2v) is 3.73. The maximum Gasteiger partial charge on any atom is 0.213 e. The first-order valence-electron chi connectivity index (χ1n) is 4.56. The van der Waals surface area contributed by atoms with Gasteiger partial charge in [0.25, 0.3) is 0 Å². The average molecular weight is 180 g/mol. The van der Waals surface area contributed by atoms with Gasteiger partial charge in [0.05, 0.1) is 0 Å². The number of aryl methyl sites for hydroxylation is 1. The van der Waals surface area contributed by atoms with E-state index in [1.54, 1.807) is 6.20 Å². The molecule has 2 N–H and O–H groups in total. The quantitative estimate of drug-likeness (QED) is 0.706. The molecule has 1 aliphatic rings. The third kappa shape index (κ3) is 1.70. The molecule has 1 heterocycles. The number of rotatable bonds is 2. The van der Waals surface area contributed by atoms with Crippen LogP contribution in [0.5, 0.6) is 0 Å². The molecule has 1 atom stereocenters. The van der Waals surface area contributed by atoms with E-state index in [9.17, 15) is 4.39 Å². The van der Waals surface area contributed by atoms with Gasteiger partial charge < -0.3 is 5.73 Å². The first-order chi connectivity index (χ1) is 6.18. The van der Waals surface area contributed by atoms with E-state index in [1.807, 2.05) is 6.92 Å². The average Bonchev–Trinajstić information content (AvgIpc) is 2.85. The maximum absolute atomic E-state index is 12.7. The maximum atomic E-state index is 12.7. The van der Waals surface area contributed by atoms with Crippen molar-refractivity contribution >= 4 is 0 Å². The molecule has 3 heteroatoms. The minimum Gasteiger partial charge on any atom is -0.324 e. The fraction of sp³-hybridized carbons (Fsp3) is 0.500. The highest BCUT2D eigenvalue weighted by Gasteiger charge is 2.30. The Bertz CT molecular complexity index is 321. The van der Waals surface area contributed by atoms with Gasteiger partial charge in [-0.15, -0.1) is 0 Å². The Hall–Kier alpha value is -0.960. The van der Waals surface area contributed by atoms with Crippen molar-refractivity contribution in [1.82, 2.24) is 4.98 Å². The second kappa shape index (κ2) is 3.07. The van der Waals surface area contributed by atoms with Crippen molar-refractivity contribution in [2.75, 3.05) is 0 Å². The molecule has 0 spiro atoms. The Morgan fingerprint density at radius 3 is 2.85 bits per heavy atom. The lowest BCUT2D eigenvalue weighted by Crippen LogP contribution is -2.14. The van der Waals surface area contributed by atoms with Crippen LogP contribution in [0.4, 0.5) is 4.39 Å². The summed E-state index contributed by atoms with van der Waals surface area (Å²) in [5.74, 6) is 0.162. The molecule has 1 aliphatic carbocycles. The molecule has 0 unspecified atom stereocenters. The molecule has 2 nitrogen and oxygen atoms in total. The highest BCUT2D eigenvalue weighted by atomic mass is 19.1. The van der Waals surface area contributed by atoms with E-state index in [-0.39, 0.29) is 6.04 Å². The minimum absolute atomic E-state index is 0.0492. The second-order valence-electron chi connectivity index (χ2n) is 3.73. The molecule has 1 saturated carbocycles. The zero-order valence-electron chi connectivity index (χ0n) is 7.63. The molecule has 0 aromatic carbocycles. The lowest BCUT2D eigenvalue weighted by atomic mass is 10.0. The van der Waals surface area contributed by atoms with Crippen molar-refractivity contribution in [3.8, 4) is 0 Å². The molecular weight excluding hydrogens is 167 g/mol. The lowest BCUT2D eigenvalue weighted by molar-refractivity contribution is 0.570. The largest absolute Gasteiger partial charge is 0.324 e. The standard InChI is InChI=1S/C10H13FN2/c1-6-4-9(11)13-5-8(6)10(12)7-2-3-7/h4-5,7,10H,2-3,12H2,1H3/t10-/m1/s1. The number of hydrogen-bond acceptors (Lipinski definition) is 2. The SMILES string of the molecule is Cc1cc(F)ncc1[C@H](N)C1CC1. The summed E-state index contributed by atoms with van der Waals surface area (Å²) in [5, 5.41) is 0. The smallest absolute Gasteiger partial charge is 0.213 e. The number of aromatic nitrogens is 1. The van der Waals surface area contributed by atoms with E-state index in [1.165, 1.54) is 18.9 Å². The number of nitrogens with zero attached hydrogens (tertiary/aromatic N) is 1. The monoisotopic (exact) mass is 180 g/mol. The summed E-state index contributed by atoms with van der Waals surface area (Å²) in [6.45, 7) is 1.88. The summed E-state index contributed by atoms with van der Waals surface area (Å²) < 4.78 is 12.7. The normalized spacial score (nSPS) is 18.7. The van der Waals surface area contributed by atoms with E-state index in [0.29, 0.717) is 5.92 Å². The van der Waals surface area contributed by atoms with Crippen molar-refractivity contribution in [1.29, 1.82) is 0 Å². The molecule has 0 amide bonds. The summed E-state index contributed by atoms with van der Waals surface area (Å²) >= 11 is 0. The van der Waals surface area contributed by atoms with Gasteiger partial charge in [0.1, 0.15) is 0 Å². The summed E-state index contributed by atoms with van der Waals surface area (Å²) in [7, 11) is 0. The zero-order valence-corrected chi connectivity index (χ0v) is 7.63. The van der Waals surface area contributed by atoms with Gasteiger partial charge in [0, 0.05) is 12.2 Å². The molecule has 1 aromatic heterocycles. The van der Waals surface area contributed by atoms with Crippen molar-refractivity contribution in [3.63, 3.8) is 0 Å². The summed E-state index contributed by atoms with van der Waals surface area (Å²) in [5.41, 5.74) is 7.89. The topological polar surface area (TPSA) is 38.9 Å². The van der Waals surface area contributed by atoms with Gasteiger partial charge in [-0.3, -0.25) is 0 Å². The highest BCUT2D eigenvalue weighted by molar-refractivity contribution is 5.26. The van der Waals surface area contributed by atoms with Crippen molar-refractivity contribution in [2.24, 2.45) is 11.7 Å². The Morgan fingerprint density at radius 1 is 1.62 bits per heavy atom. The van der Waals surface area contributed by atoms with Crippen LogP contribution in [0.25, 0.3) is 0 Å². The molecule has 0 radical (unpaired) electrons. The predicted molar refractivity (Wildman–Crippen MR) is 48.6 cm³/mol. The van der Waals surface area contributed by atoms with Gasteiger partial charge in [-0.25, -0.2) is 4.98 Å². The molecule has 13 heavy (non-hydrogen) atoms. The molecule has 0 bridgehead atoms. The van der Waals surface area contributed by atoms with Crippen molar-refractivity contribution in [2.45, 2.75) is 25.8 Å². The first-order valence-corrected chi connectivity index (χ1v) is 4.56. The van der Waals surface area contributed by atoms with Crippen LogP contribution < -0.4 is 5.73 Å². The van der Waals surface area contributed by atoms with Crippen LogP contribution in [0.1, 0.15) is 30.0 Å². The summed E-state index contributed by atoms with van der Waals surface area (Å²) in [6.07, 6.45) is 3.95. The van der Waals surface area contributed by atoms with Crippen LogP contribution in [0, 0.1) is 18.8 Å². The molecular formula is C10H13FN2. The van der Waals surface area contributed by atoms with Gasteiger partial charge in [-0.2, -0.15) is 4.39 Å². The number of pyridine rings is 1. The number of nitrogens with two attached hydrogens (primary N) is 1. The van der Waals surface area contributed by atoms with Gasteiger partial charge in [0.2, 0.25) is 5.95 Å². The van der Waals surface area contributed by atoms with Crippen LogP contribution in [-0.4, -0.2) is 4.98 Å². The van der Waals surface area contributed by atoms with Crippen LogP contribution in [0.2, 0.25) is 0 Å². The Morgan fingerprint density at radius 2 is 2.31 bits per heavy atom. The zero-order chi connectivity index (χ0) is 9.42. The molecule has 70 valence electrons. The Kier molecular flexibility index (Phi) is 2.04. The Labute approximate surface area is 77.0 Å². The van der Waals surface area contributed by atoms with E-state index in [0.717, 1.165) is 11.1 Å². The van der Waals surface area contributed by atoms with Crippen LogP contribution in [0.3, 0.4) is 0 Å². The third-order valence-electron chi connectivity index (χ3n) is 2.61. The van der Waals surface area contributed by atoms with Gasteiger partial charge in [-0.05, 0) is 42.9 Å². The minimum atomic E-state index is -0.427. The summed E-state index contributed by atoms with van der Waals surface area (Å²) in [6, 6.07) is 1.49. The van der Waals surface area contributed by atoms with E-state index < -0.39 is 5.95 Å². The van der Waals surface area contributed by atoms with E-state index >= 15 is 0 Å². The molecule has 2 rings (SSSR count). The molecule has 0 saturated heterocycles. The van der Waals surface area contributed by atoms with Crippen molar-refractivity contribution in [3.05, 3.63) is 29.3 Å². The van der Waals surface area contributed by atoms with Crippen LogP contribution in [0.15, 0.2) is 12.3 Å². The fourth-order valence-electron chi connectivity index (χ4n) is 1.59. The Balaban J connectivity index is 2.28. The highest BCUT2D eigenvalue weighted by Crippen LogP contribution is 2.39.